The van der Waals surface area contributed by atoms with E-state index in [1.54, 1.807) is 0 Å². The second-order valence-electron chi connectivity index (χ2n) is 5.11. The van der Waals surface area contributed by atoms with Gasteiger partial charge >= 0.3 is 12.0 Å². The van der Waals surface area contributed by atoms with Crippen LogP contribution >= 0.6 is 0 Å². The lowest BCUT2D eigenvalue weighted by Gasteiger charge is -2.30. The first-order valence-corrected chi connectivity index (χ1v) is 6.99. The van der Waals surface area contributed by atoms with E-state index in [2.05, 4.69) is 11.4 Å². The average molecular weight is 292 g/mol. The molecule has 1 aromatic carbocycles. The summed E-state index contributed by atoms with van der Waals surface area (Å²) in [6, 6.07) is 7.89. The smallest absolute Gasteiger partial charge is 0.334 e. The Morgan fingerprint density at radius 2 is 2.29 bits per heavy atom. The van der Waals surface area contributed by atoms with Crippen LogP contribution in [0.3, 0.4) is 0 Å². The van der Waals surface area contributed by atoms with Crippen LogP contribution in [0.4, 0.5) is 4.79 Å². The highest BCUT2D eigenvalue weighted by Gasteiger charge is 2.28. The fraction of sp³-hybridized carbons (Fsp3) is 0.467. The van der Waals surface area contributed by atoms with Gasteiger partial charge in [0.25, 0.3) is 0 Å². The number of carbonyl (C=O) groups excluding carboxylic acids is 1. The number of hydrogen-bond acceptors (Lipinski definition) is 3. The van der Waals surface area contributed by atoms with Gasteiger partial charge in [-0.05, 0) is 18.9 Å². The minimum Gasteiger partial charge on any atom is -0.479 e. The molecular weight excluding hydrogens is 272 g/mol. The number of carbonyl (C=O) groups is 2. The lowest BCUT2D eigenvalue weighted by atomic mass is 10.1. The Morgan fingerprint density at radius 1 is 1.48 bits per heavy atom. The molecule has 1 atom stereocenters. The molecule has 1 aliphatic rings. The van der Waals surface area contributed by atoms with Crippen LogP contribution < -0.4 is 5.32 Å². The van der Waals surface area contributed by atoms with E-state index in [-0.39, 0.29) is 19.2 Å². The number of rotatable bonds is 4. The SMILES string of the molecule is Cc1cccc(CCNC(=O)N2CCOC(C(=O)O)C2)c1. The summed E-state index contributed by atoms with van der Waals surface area (Å²) in [5, 5.41) is 11.7. The summed E-state index contributed by atoms with van der Waals surface area (Å²) in [6.45, 7) is 3.31. The number of benzene rings is 1. The van der Waals surface area contributed by atoms with E-state index in [9.17, 15) is 9.59 Å². The van der Waals surface area contributed by atoms with Gasteiger partial charge in [-0.1, -0.05) is 29.8 Å². The molecule has 1 aromatic rings. The van der Waals surface area contributed by atoms with E-state index < -0.39 is 12.1 Å². The molecule has 21 heavy (non-hydrogen) atoms. The number of ether oxygens (including phenoxy) is 1. The van der Waals surface area contributed by atoms with Crippen LogP contribution in [-0.4, -0.2) is 54.4 Å². The van der Waals surface area contributed by atoms with Gasteiger partial charge in [-0.15, -0.1) is 0 Å². The lowest BCUT2D eigenvalue weighted by Crippen LogP contribution is -2.52. The quantitative estimate of drug-likeness (QED) is 0.869. The van der Waals surface area contributed by atoms with Crippen LogP contribution in [0.15, 0.2) is 24.3 Å². The number of hydrogen-bond donors (Lipinski definition) is 2. The Bertz CT molecular complexity index is 518. The van der Waals surface area contributed by atoms with Crippen molar-refractivity contribution in [2.75, 3.05) is 26.2 Å². The number of nitrogens with zero attached hydrogens (tertiary/aromatic N) is 1. The summed E-state index contributed by atoms with van der Waals surface area (Å²) in [7, 11) is 0. The first kappa shape index (κ1) is 15.3. The van der Waals surface area contributed by atoms with Gasteiger partial charge in [0.05, 0.1) is 13.2 Å². The van der Waals surface area contributed by atoms with Gasteiger partial charge in [0.1, 0.15) is 0 Å². The third-order valence-corrected chi connectivity index (χ3v) is 3.40. The largest absolute Gasteiger partial charge is 0.479 e. The molecule has 1 fully saturated rings. The minimum atomic E-state index is -1.03. The molecule has 0 spiro atoms. The average Bonchev–Trinajstić information content (AvgIpc) is 2.47. The van der Waals surface area contributed by atoms with Crippen molar-refractivity contribution in [2.45, 2.75) is 19.4 Å². The number of amides is 2. The van der Waals surface area contributed by atoms with Gasteiger partial charge < -0.3 is 20.1 Å². The number of aryl methyl sites for hydroxylation is 1. The normalized spacial score (nSPS) is 18.3. The summed E-state index contributed by atoms with van der Waals surface area (Å²) in [5.41, 5.74) is 2.36. The molecule has 6 heteroatoms. The van der Waals surface area contributed by atoms with Crippen molar-refractivity contribution in [3.63, 3.8) is 0 Å². The van der Waals surface area contributed by atoms with Crippen molar-refractivity contribution < 1.29 is 19.4 Å². The molecule has 0 aliphatic carbocycles. The molecule has 2 N–H and O–H groups in total. The molecule has 0 bridgehead atoms. The van der Waals surface area contributed by atoms with E-state index in [0.717, 1.165) is 6.42 Å². The molecule has 2 amide bonds. The second-order valence-corrected chi connectivity index (χ2v) is 5.11. The van der Waals surface area contributed by atoms with Gasteiger partial charge in [-0.2, -0.15) is 0 Å². The van der Waals surface area contributed by atoms with E-state index >= 15 is 0 Å². The lowest BCUT2D eigenvalue weighted by molar-refractivity contribution is -0.154. The Kier molecular flexibility index (Phi) is 5.16. The highest BCUT2D eigenvalue weighted by atomic mass is 16.5. The zero-order valence-corrected chi connectivity index (χ0v) is 12.0. The van der Waals surface area contributed by atoms with Gasteiger partial charge in [0, 0.05) is 13.1 Å². The topological polar surface area (TPSA) is 78.9 Å². The van der Waals surface area contributed by atoms with E-state index in [1.807, 2.05) is 25.1 Å². The van der Waals surface area contributed by atoms with Crippen LogP contribution in [-0.2, 0) is 16.0 Å². The highest BCUT2D eigenvalue weighted by Crippen LogP contribution is 2.06. The van der Waals surface area contributed by atoms with Crippen molar-refractivity contribution in [1.82, 2.24) is 10.2 Å². The standard InChI is InChI=1S/C15H20N2O4/c1-11-3-2-4-12(9-11)5-6-16-15(20)17-7-8-21-13(10-17)14(18)19/h2-4,9,13H,5-8,10H2,1H3,(H,16,20)(H,18,19). The van der Waals surface area contributed by atoms with Crippen LogP contribution in [0.5, 0.6) is 0 Å². The molecule has 1 aliphatic heterocycles. The predicted octanol–water partition coefficient (Wildman–Crippen LogP) is 1.03. The van der Waals surface area contributed by atoms with Gasteiger partial charge in [-0.25, -0.2) is 9.59 Å². The highest BCUT2D eigenvalue weighted by molar-refractivity contribution is 5.77. The summed E-state index contributed by atoms with van der Waals surface area (Å²) in [5.74, 6) is -1.03. The Balaban J connectivity index is 1.78. The van der Waals surface area contributed by atoms with Crippen molar-refractivity contribution in [3.05, 3.63) is 35.4 Å². The van der Waals surface area contributed by atoms with Gasteiger partial charge in [0.15, 0.2) is 6.10 Å². The van der Waals surface area contributed by atoms with Crippen molar-refractivity contribution in [2.24, 2.45) is 0 Å². The number of nitrogens with one attached hydrogen (secondary N) is 1. The molecule has 2 rings (SSSR count). The van der Waals surface area contributed by atoms with Crippen molar-refractivity contribution >= 4 is 12.0 Å². The molecule has 0 aromatic heterocycles. The molecule has 6 nitrogen and oxygen atoms in total. The van der Waals surface area contributed by atoms with Crippen LogP contribution in [0, 0.1) is 6.92 Å². The Morgan fingerprint density at radius 3 is 3.00 bits per heavy atom. The number of morpholine rings is 1. The second kappa shape index (κ2) is 7.08. The first-order chi connectivity index (χ1) is 10.1. The molecule has 114 valence electrons. The molecule has 0 saturated carbocycles. The van der Waals surface area contributed by atoms with Gasteiger partial charge in [0.2, 0.25) is 0 Å². The maximum absolute atomic E-state index is 12.0. The van der Waals surface area contributed by atoms with Crippen LogP contribution in [0.25, 0.3) is 0 Å². The molecular formula is C15H20N2O4. The predicted molar refractivity (Wildman–Crippen MR) is 77.2 cm³/mol. The minimum absolute atomic E-state index is 0.0889. The third-order valence-electron chi connectivity index (χ3n) is 3.40. The summed E-state index contributed by atoms with van der Waals surface area (Å²) < 4.78 is 5.09. The number of urea groups is 1. The Labute approximate surface area is 123 Å². The van der Waals surface area contributed by atoms with Gasteiger partial charge in [-0.3, -0.25) is 0 Å². The van der Waals surface area contributed by atoms with Crippen molar-refractivity contribution in [1.29, 1.82) is 0 Å². The zero-order chi connectivity index (χ0) is 15.2. The fourth-order valence-electron chi connectivity index (χ4n) is 2.28. The first-order valence-electron chi connectivity index (χ1n) is 6.99. The molecule has 0 radical (unpaired) electrons. The summed E-state index contributed by atoms with van der Waals surface area (Å²) >= 11 is 0. The molecule has 1 heterocycles. The molecule has 1 saturated heterocycles. The fourth-order valence-corrected chi connectivity index (χ4v) is 2.28. The summed E-state index contributed by atoms with van der Waals surface area (Å²) in [6.07, 6.45) is -0.179. The van der Waals surface area contributed by atoms with E-state index in [1.165, 1.54) is 16.0 Å². The number of carboxylic acids is 1. The number of carboxylic acid groups (broad SMARTS) is 1. The van der Waals surface area contributed by atoms with Crippen LogP contribution in [0.2, 0.25) is 0 Å². The number of aliphatic carboxylic acids is 1. The zero-order valence-electron chi connectivity index (χ0n) is 12.0. The Hall–Kier alpha value is -2.08. The monoisotopic (exact) mass is 292 g/mol. The maximum atomic E-state index is 12.0. The molecule has 1 unspecified atom stereocenters. The summed E-state index contributed by atoms with van der Waals surface area (Å²) in [4.78, 5) is 24.3. The van der Waals surface area contributed by atoms with Crippen LogP contribution in [0.1, 0.15) is 11.1 Å². The van der Waals surface area contributed by atoms with Crippen molar-refractivity contribution in [3.8, 4) is 0 Å². The van der Waals surface area contributed by atoms with E-state index in [4.69, 9.17) is 9.84 Å². The van der Waals surface area contributed by atoms with E-state index in [0.29, 0.717) is 13.1 Å². The maximum Gasteiger partial charge on any atom is 0.334 e. The third kappa shape index (κ3) is 4.46.